The van der Waals surface area contributed by atoms with Crippen LogP contribution in [0.15, 0.2) is 54.6 Å². The highest BCUT2D eigenvalue weighted by molar-refractivity contribution is 5.67. The van der Waals surface area contributed by atoms with Crippen molar-refractivity contribution in [3.63, 3.8) is 0 Å². The van der Waals surface area contributed by atoms with Crippen molar-refractivity contribution in [3.05, 3.63) is 71.3 Å². The number of hydrogen-bond acceptors (Lipinski definition) is 3. The minimum absolute atomic E-state index is 0.215. The maximum atomic E-state index is 11.8. The number of carbonyl (C=O) groups excluding carboxylic acids is 1. The maximum Gasteiger partial charge on any atom is 0.409 e. The van der Waals surface area contributed by atoms with Crippen molar-refractivity contribution in [2.45, 2.75) is 25.8 Å². The number of methoxy groups -OCH3 is 1. The van der Waals surface area contributed by atoms with Gasteiger partial charge in [0, 0.05) is 26.2 Å². The van der Waals surface area contributed by atoms with Gasteiger partial charge in [0.1, 0.15) is 0 Å². The normalized spacial score (nSPS) is 16.3. The first kappa shape index (κ1) is 18.5. The smallest absolute Gasteiger partial charge is 0.409 e. The first-order chi connectivity index (χ1) is 12.7. The van der Waals surface area contributed by atoms with Gasteiger partial charge in [0.05, 0.1) is 13.2 Å². The second-order valence-electron chi connectivity index (χ2n) is 6.80. The molecule has 138 valence electrons. The monoisotopic (exact) mass is 352 g/mol. The molecule has 3 rings (SSSR count). The van der Waals surface area contributed by atoms with E-state index in [1.54, 1.807) is 4.90 Å². The summed E-state index contributed by atoms with van der Waals surface area (Å²) in [5.74, 6) is 0. The molecule has 0 saturated carbocycles. The van der Waals surface area contributed by atoms with Gasteiger partial charge in [-0.05, 0) is 23.1 Å². The first-order valence-electron chi connectivity index (χ1n) is 9.43. The lowest BCUT2D eigenvalue weighted by Gasteiger charge is -2.39. The Kier molecular flexibility index (Phi) is 6.29. The Labute approximate surface area is 156 Å². The fourth-order valence-electron chi connectivity index (χ4n) is 3.70. The molecular formula is C22H28N2O2. The summed E-state index contributed by atoms with van der Waals surface area (Å²) in [5, 5.41) is 0. The zero-order chi connectivity index (χ0) is 18.4. The molecule has 0 spiro atoms. The van der Waals surface area contributed by atoms with Gasteiger partial charge >= 0.3 is 6.09 Å². The second-order valence-corrected chi connectivity index (χ2v) is 6.80. The van der Waals surface area contributed by atoms with Crippen LogP contribution in [0.5, 0.6) is 0 Å². The summed E-state index contributed by atoms with van der Waals surface area (Å²) in [7, 11) is 1.44. The van der Waals surface area contributed by atoms with Gasteiger partial charge in [0.25, 0.3) is 0 Å². The van der Waals surface area contributed by atoms with E-state index in [1.807, 2.05) is 0 Å². The van der Waals surface area contributed by atoms with E-state index in [9.17, 15) is 4.79 Å². The molecule has 1 saturated heterocycles. The van der Waals surface area contributed by atoms with Crippen LogP contribution < -0.4 is 0 Å². The topological polar surface area (TPSA) is 32.8 Å². The Morgan fingerprint density at radius 2 is 1.58 bits per heavy atom. The molecule has 4 nitrogen and oxygen atoms in total. The summed E-state index contributed by atoms with van der Waals surface area (Å²) in [6.07, 6.45) is 2.05. The van der Waals surface area contributed by atoms with Crippen molar-refractivity contribution in [1.82, 2.24) is 9.80 Å². The predicted molar refractivity (Wildman–Crippen MR) is 104 cm³/mol. The van der Waals surface area contributed by atoms with E-state index in [0.717, 1.165) is 25.9 Å². The molecule has 1 aliphatic rings. The summed E-state index contributed by atoms with van der Waals surface area (Å²) in [5.41, 5.74) is 3.99. The van der Waals surface area contributed by atoms with Gasteiger partial charge < -0.3 is 9.64 Å². The quantitative estimate of drug-likeness (QED) is 0.812. The van der Waals surface area contributed by atoms with Crippen LogP contribution in [0.1, 0.15) is 36.1 Å². The molecular weight excluding hydrogens is 324 g/mol. The molecule has 1 fully saturated rings. The Hall–Kier alpha value is -2.33. The van der Waals surface area contributed by atoms with Gasteiger partial charge in [0.15, 0.2) is 0 Å². The molecule has 1 aliphatic heterocycles. The summed E-state index contributed by atoms with van der Waals surface area (Å²) in [6.45, 7) is 5.28. The molecule has 2 aromatic rings. The number of nitrogens with zero attached hydrogens (tertiary/aromatic N) is 2. The fraction of sp³-hybridized carbons (Fsp3) is 0.409. The minimum Gasteiger partial charge on any atom is -0.453 e. The van der Waals surface area contributed by atoms with Crippen molar-refractivity contribution < 1.29 is 9.53 Å². The number of benzene rings is 2. The van der Waals surface area contributed by atoms with Crippen LogP contribution in [0.25, 0.3) is 0 Å². The largest absolute Gasteiger partial charge is 0.453 e. The predicted octanol–water partition coefficient (Wildman–Crippen LogP) is 4.11. The molecule has 0 radical (unpaired) electrons. The molecule has 0 bridgehead atoms. The Balaban J connectivity index is 1.82. The fourth-order valence-corrected chi connectivity index (χ4v) is 3.70. The number of aryl methyl sites for hydroxylation is 1. The van der Waals surface area contributed by atoms with Gasteiger partial charge in [-0.1, -0.05) is 67.9 Å². The van der Waals surface area contributed by atoms with Crippen LogP contribution in [-0.4, -0.2) is 49.2 Å². The third kappa shape index (κ3) is 4.25. The van der Waals surface area contributed by atoms with Crippen LogP contribution in [-0.2, 0) is 11.2 Å². The van der Waals surface area contributed by atoms with Gasteiger partial charge in [-0.25, -0.2) is 4.79 Å². The van der Waals surface area contributed by atoms with Crippen LogP contribution in [0.2, 0.25) is 0 Å². The van der Waals surface area contributed by atoms with Crippen molar-refractivity contribution in [2.24, 2.45) is 0 Å². The van der Waals surface area contributed by atoms with E-state index < -0.39 is 0 Å². The van der Waals surface area contributed by atoms with Crippen molar-refractivity contribution in [3.8, 4) is 0 Å². The Morgan fingerprint density at radius 3 is 2.15 bits per heavy atom. The zero-order valence-corrected chi connectivity index (χ0v) is 15.7. The number of carbonyl (C=O) groups is 1. The molecule has 0 aliphatic carbocycles. The van der Waals surface area contributed by atoms with Gasteiger partial charge in [-0.15, -0.1) is 0 Å². The molecule has 4 heteroatoms. The average molecular weight is 352 g/mol. The minimum atomic E-state index is -0.232. The number of hydrogen-bond donors (Lipinski definition) is 0. The van der Waals surface area contributed by atoms with Crippen molar-refractivity contribution >= 4 is 6.09 Å². The third-order valence-electron chi connectivity index (χ3n) is 5.06. The average Bonchev–Trinajstić information content (AvgIpc) is 2.70. The number of piperazine rings is 1. The molecule has 2 aromatic carbocycles. The van der Waals surface area contributed by atoms with Crippen LogP contribution >= 0.6 is 0 Å². The van der Waals surface area contributed by atoms with Crippen LogP contribution in [0, 0.1) is 0 Å². The molecule has 1 atom stereocenters. The van der Waals surface area contributed by atoms with Gasteiger partial charge in [-0.3, -0.25) is 4.90 Å². The zero-order valence-electron chi connectivity index (χ0n) is 15.7. The van der Waals surface area contributed by atoms with E-state index >= 15 is 0 Å². The highest BCUT2D eigenvalue weighted by Gasteiger charge is 2.28. The molecule has 0 aromatic heterocycles. The summed E-state index contributed by atoms with van der Waals surface area (Å²) in [4.78, 5) is 16.0. The summed E-state index contributed by atoms with van der Waals surface area (Å²) in [6, 6.07) is 19.9. The third-order valence-corrected chi connectivity index (χ3v) is 5.06. The van der Waals surface area contributed by atoms with E-state index in [1.165, 1.54) is 23.8 Å². The van der Waals surface area contributed by atoms with E-state index in [0.29, 0.717) is 13.1 Å². The number of amides is 1. The Morgan fingerprint density at radius 1 is 0.962 bits per heavy atom. The molecule has 1 heterocycles. The van der Waals surface area contributed by atoms with E-state index in [-0.39, 0.29) is 12.1 Å². The lowest BCUT2D eigenvalue weighted by Crippen LogP contribution is -2.49. The van der Waals surface area contributed by atoms with Gasteiger partial charge in [-0.2, -0.15) is 0 Å². The molecule has 0 N–H and O–H groups in total. The van der Waals surface area contributed by atoms with E-state index in [4.69, 9.17) is 4.74 Å². The summed E-state index contributed by atoms with van der Waals surface area (Å²) >= 11 is 0. The lowest BCUT2D eigenvalue weighted by atomic mass is 9.95. The molecule has 26 heavy (non-hydrogen) atoms. The molecule has 0 unspecified atom stereocenters. The lowest BCUT2D eigenvalue weighted by molar-refractivity contribution is 0.0812. The van der Waals surface area contributed by atoms with Crippen LogP contribution in [0.4, 0.5) is 4.79 Å². The maximum absolute atomic E-state index is 11.8. The molecule has 1 amide bonds. The highest BCUT2D eigenvalue weighted by atomic mass is 16.5. The van der Waals surface area contributed by atoms with E-state index in [2.05, 4.69) is 66.4 Å². The Bertz CT molecular complexity index is 692. The van der Waals surface area contributed by atoms with Gasteiger partial charge in [0.2, 0.25) is 0 Å². The SMILES string of the molecule is CCCc1ccc([C@@H](c2ccccc2)N2CCN(C(=O)OC)CC2)cc1. The highest BCUT2D eigenvalue weighted by Crippen LogP contribution is 2.30. The van der Waals surface area contributed by atoms with Crippen LogP contribution in [0.3, 0.4) is 0 Å². The van der Waals surface area contributed by atoms with Crippen molar-refractivity contribution in [2.75, 3.05) is 33.3 Å². The second kappa shape index (κ2) is 8.86. The summed E-state index contributed by atoms with van der Waals surface area (Å²) < 4.78 is 4.86. The number of ether oxygens (including phenoxy) is 1. The number of rotatable bonds is 5. The standard InChI is InChI=1S/C22H28N2O2/c1-3-7-18-10-12-20(13-11-18)21(19-8-5-4-6-9-19)23-14-16-24(17-15-23)22(25)26-2/h4-6,8-13,21H,3,7,14-17H2,1-2H3/t21-/m1/s1. The van der Waals surface area contributed by atoms with Crippen molar-refractivity contribution in [1.29, 1.82) is 0 Å². The first-order valence-corrected chi connectivity index (χ1v) is 9.43.